The summed E-state index contributed by atoms with van der Waals surface area (Å²) >= 11 is 0. The second-order valence-electron chi connectivity index (χ2n) is 8.41. The second-order valence-corrected chi connectivity index (χ2v) is 8.41. The van der Waals surface area contributed by atoms with E-state index in [4.69, 9.17) is 9.47 Å². The van der Waals surface area contributed by atoms with Gasteiger partial charge in [0.05, 0.1) is 25.9 Å². The lowest BCUT2D eigenvalue weighted by Crippen LogP contribution is -2.50. The molecule has 0 aliphatic carbocycles. The van der Waals surface area contributed by atoms with Crippen LogP contribution in [0.2, 0.25) is 0 Å². The molecule has 0 spiro atoms. The van der Waals surface area contributed by atoms with Gasteiger partial charge in [-0.15, -0.1) is 0 Å². The predicted octanol–water partition coefficient (Wildman–Crippen LogP) is 2.96. The van der Waals surface area contributed by atoms with Gasteiger partial charge >= 0.3 is 0 Å². The monoisotopic (exact) mass is 422 g/mol. The van der Waals surface area contributed by atoms with Crippen LogP contribution < -0.4 is 10.1 Å². The first-order valence-electron chi connectivity index (χ1n) is 11.2. The zero-order chi connectivity index (χ0) is 21.6. The number of morpholine rings is 1. The molecule has 166 valence electrons. The minimum absolute atomic E-state index is 0.225. The number of likely N-dealkylation sites (tertiary alicyclic amines) is 1. The molecule has 2 fully saturated rings. The third-order valence-corrected chi connectivity index (χ3v) is 6.39. The summed E-state index contributed by atoms with van der Waals surface area (Å²) in [4.78, 5) is 9.48. The Morgan fingerprint density at radius 1 is 1.16 bits per heavy atom. The van der Waals surface area contributed by atoms with E-state index in [1.165, 1.54) is 11.1 Å². The number of nitrogens with one attached hydrogen (secondary N) is 1. The number of benzene rings is 2. The number of aliphatic imine (C=N–C) groups is 1. The number of guanidine groups is 1. The normalized spacial score (nSPS) is 22.8. The number of methoxy groups -OCH3 is 1. The quantitative estimate of drug-likeness (QED) is 0.573. The summed E-state index contributed by atoms with van der Waals surface area (Å²) in [5.74, 6) is 2.19. The summed E-state index contributed by atoms with van der Waals surface area (Å²) in [6.45, 7) is 7.55. The van der Waals surface area contributed by atoms with Gasteiger partial charge in [-0.1, -0.05) is 55.5 Å². The van der Waals surface area contributed by atoms with E-state index in [1.54, 1.807) is 7.11 Å². The predicted molar refractivity (Wildman–Crippen MR) is 125 cm³/mol. The zero-order valence-electron chi connectivity index (χ0n) is 18.8. The molecule has 3 unspecified atom stereocenters. The molecule has 2 aliphatic rings. The number of hydrogen-bond acceptors (Lipinski definition) is 4. The van der Waals surface area contributed by atoms with Gasteiger partial charge in [0.25, 0.3) is 0 Å². The fourth-order valence-electron chi connectivity index (χ4n) is 4.71. The fourth-order valence-corrected chi connectivity index (χ4v) is 4.71. The van der Waals surface area contributed by atoms with Crippen LogP contribution >= 0.6 is 0 Å². The first kappa shape index (κ1) is 21.7. The molecule has 0 radical (unpaired) electrons. The summed E-state index contributed by atoms with van der Waals surface area (Å²) in [6.07, 6.45) is 0.225. The Hall–Kier alpha value is -2.57. The Labute approximate surface area is 185 Å². The van der Waals surface area contributed by atoms with E-state index in [-0.39, 0.29) is 6.10 Å². The third-order valence-electron chi connectivity index (χ3n) is 6.39. The van der Waals surface area contributed by atoms with Crippen LogP contribution in [-0.4, -0.2) is 74.8 Å². The van der Waals surface area contributed by atoms with E-state index in [1.807, 2.05) is 19.2 Å². The molecular formula is C25H34N4O2. The van der Waals surface area contributed by atoms with Crippen molar-refractivity contribution in [2.75, 3.05) is 46.9 Å². The van der Waals surface area contributed by atoms with Crippen LogP contribution in [0.4, 0.5) is 0 Å². The Morgan fingerprint density at radius 3 is 2.71 bits per heavy atom. The van der Waals surface area contributed by atoms with Gasteiger partial charge in [0.1, 0.15) is 5.75 Å². The maximum absolute atomic E-state index is 6.14. The van der Waals surface area contributed by atoms with Crippen LogP contribution in [0.15, 0.2) is 59.6 Å². The van der Waals surface area contributed by atoms with Crippen molar-refractivity contribution in [3.05, 3.63) is 65.7 Å². The average molecular weight is 423 g/mol. The maximum Gasteiger partial charge on any atom is 0.193 e. The summed E-state index contributed by atoms with van der Waals surface area (Å²) in [5, 5.41) is 3.58. The van der Waals surface area contributed by atoms with Crippen LogP contribution in [0.3, 0.4) is 0 Å². The highest BCUT2D eigenvalue weighted by molar-refractivity contribution is 5.80. The molecule has 3 atom stereocenters. The van der Waals surface area contributed by atoms with Crippen molar-refractivity contribution < 1.29 is 9.47 Å². The van der Waals surface area contributed by atoms with Gasteiger partial charge in [0.15, 0.2) is 5.96 Å². The van der Waals surface area contributed by atoms with Crippen molar-refractivity contribution in [2.24, 2.45) is 4.99 Å². The number of rotatable bonds is 6. The lowest BCUT2D eigenvalue weighted by Gasteiger charge is -2.36. The molecule has 4 rings (SSSR count). The molecule has 31 heavy (non-hydrogen) atoms. The van der Waals surface area contributed by atoms with Gasteiger partial charge in [-0.3, -0.25) is 9.89 Å². The summed E-state index contributed by atoms with van der Waals surface area (Å²) in [7, 11) is 3.59. The van der Waals surface area contributed by atoms with Gasteiger partial charge < -0.3 is 19.7 Å². The fraction of sp³-hybridized carbons (Fsp3) is 0.480. The van der Waals surface area contributed by atoms with Crippen molar-refractivity contribution in [3.63, 3.8) is 0 Å². The largest absolute Gasteiger partial charge is 0.496 e. The summed E-state index contributed by atoms with van der Waals surface area (Å²) < 4.78 is 11.7. The van der Waals surface area contributed by atoms with E-state index in [9.17, 15) is 0 Å². The topological polar surface area (TPSA) is 49.3 Å². The Bertz CT molecular complexity index is 873. The van der Waals surface area contributed by atoms with Crippen molar-refractivity contribution in [3.8, 4) is 5.75 Å². The Kier molecular flexibility index (Phi) is 7.10. The molecule has 2 aromatic rings. The molecule has 0 amide bonds. The molecular weight excluding hydrogens is 388 g/mol. The average Bonchev–Trinajstić information content (AvgIpc) is 3.25. The smallest absolute Gasteiger partial charge is 0.193 e. The first-order valence-corrected chi connectivity index (χ1v) is 11.2. The van der Waals surface area contributed by atoms with Crippen LogP contribution in [-0.2, 0) is 11.3 Å². The molecule has 6 nitrogen and oxygen atoms in total. The van der Waals surface area contributed by atoms with Crippen molar-refractivity contribution in [2.45, 2.75) is 31.5 Å². The molecule has 2 aliphatic heterocycles. The highest BCUT2D eigenvalue weighted by Gasteiger charge is 2.41. The van der Waals surface area contributed by atoms with Gasteiger partial charge in [0, 0.05) is 45.7 Å². The SMILES string of the molecule is CN=C(NCC(C)c1ccccc1OC)N1CC2OCCN(Cc3ccccc3)C2C1. The van der Waals surface area contributed by atoms with E-state index in [2.05, 4.69) is 69.5 Å². The molecule has 2 aromatic carbocycles. The van der Waals surface area contributed by atoms with E-state index >= 15 is 0 Å². The van der Waals surface area contributed by atoms with Gasteiger partial charge in [-0.05, 0) is 17.2 Å². The number of ether oxygens (including phenoxy) is 2. The molecule has 2 saturated heterocycles. The number of fused-ring (bicyclic) bond motifs is 1. The third kappa shape index (κ3) is 5.02. The second kappa shape index (κ2) is 10.2. The molecule has 6 heteroatoms. The Balaban J connectivity index is 1.37. The maximum atomic E-state index is 6.14. The van der Waals surface area contributed by atoms with E-state index in [0.29, 0.717) is 12.0 Å². The van der Waals surface area contributed by atoms with Gasteiger partial charge in [-0.25, -0.2) is 0 Å². The van der Waals surface area contributed by atoms with Crippen LogP contribution in [0.5, 0.6) is 5.75 Å². The van der Waals surface area contributed by atoms with Crippen LogP contribution in [0, 0.1) is 0 Å². The van der Waals surface area contributed by atoms with Crippen molar-refractivity contribution in [1.82, 2.24) is 15.1 Å². The minimum Gasteiger partial charge on any atom is -0.496 e. The highest BCUT2D eigenvalue weighted by Crippen LogP contribution is 2.27. The van der Waals surface area contributed by atoms with E-state index in [0.717, 1.165) is 51.0 Å². The lowest BCUT2D eigenvalue weighted by atomic mass is 10.0. The summed E-state index contributed by atoms with van der Waals surface area (Å²) in [6, 6.07) is 19.3. The number of nitrogens with zero attached hydrogens (tertiary/aromatic N) is 3. The molecule has 0 saturated carbocycles. The highest BCUT2D eigenvalue weighted by atomic mass is 16.5. The zero-order valence-corrected chi connectivity index (χ0v) is 18.8. The molecule has 0 aromatic heterocycles. The van der Waals surface area contributed by atoms with Crippen LogP contribution in [0.1, 0.15) is 24.0 Å². The first-order chi connectivity index (χ1) is 15.2. The summed E-state index contributed by atoms with van der Waals surface area (Å²) in [5.41, 5.74) is 2.56. The van der Waals surface area contributed by atoms with Crippen LogP contribution in [0.25, 0.3) is 0 Å². The molecule has 1 N–H and O–H groups in total. The molecule has 0 bridgehead atoms. The van der Waals surface area contributed by atoms with Gasteiger partial charge in [0.2, 0.25) is 0 Å². The number of hydrogen-bond donors (Lipinski definition) is 1. The lowest BCUT2D eigenvalue weighted by molar-refractivity contribution is -0.0502. The Morgan fingerprint density at radius 2 is 1.94 bits per heavy atom. The van der Waals surface area contributed by atoms with E-state index < -0.39 is 0 Å². The van der Waals surface area contributed by atoms with Crippen molar-refractivity contribution >= 4 is 5.96 Å². The standard InChI is InChI=1S/C25H34N4O2/c1-19(21-11-7-8-12-23(21)30-3)15-27-25(26-2)29-17-22-24(18-29)31-14-13-28(22)16-20-9-5-4-6-10-20/h4-12,19,22,24H,13-18H2,1-3H3,(H,26,27). The van der Waals surface area contributed by atoms with Crippen molar-refractivity contribution in [1.29, 1.82) is 0 Å². The molecule has 2 heterocycles. The van der Waals surface area contributed by atoms with Gasteiger partial charge in [-0.2, -0.15) is 0 Å². The minimum atomic E-state index is 0.225. The number of para-hydroxylation sites is 1.